The van der Waals surface area contributed by atoms with Gasteiger partial charge < -0.3 is 10.2 Å². The Balaban J connectivity index is 3.29. The van der Waals surface area contributed by atoms with Crippen LogP contribution in [0.15, 0.2) is 0 Å². The van der Waals surface area contributed by atoms with E-state index in [0.29, 0.717) is 0 Å². The van der Waals surface area contributed by atoms with E-state index in [9.17, 15) is 0 Å². The minimum atomic E-state index is -0.319. The van der Waals surface area contributed by atoms with E-state index >= 15 is 0 Å². The number of hydrogen-bond acceptors (Lipinski definition) is 2. The average Bonchev–Trinajstić information content (AvgIpc) is 1.84. The van der Waals surface area contributed by atoms with Crippen molar-refractivity contribution in [2.45, 2.75) is 9.30 Å². The summed E-state index contributed by atoms with van der Waals surface area (Å²) in [5.74, 6) is 0. The first kappa shape index (κ1) is 8.94. The summed E-state index contributed by atoms with van der Waals surface area (Å²) in [4.78, 5) is 0. The van der Waals surface area contributed by atoms with E-state index in [0.717, 1.165) is 0 Å². The zero-order valence-electron chi connectivity index (χ0n) is 4.22. The minimum absolute atomic E-state index is 0.0231. The number of aliphatic hydroxyl groups is 2. The monoisotopic (exact) mass is 250 g/mol. The zero-order valence-corrected chi connectivity index (χ0v) is 7.13. The topological polar surface area (TPSA) is 40.5 Å². The van der Waals surface area contributed by atoms with Crippen LogP contribution in [0.25, 0.3) is 0 Å². The molecule has 2 N–H and O–H groups in total. The van der Waals surface area contributed by atoms with Crippen LogP contribution in [-0.2, 0) is 0 Å². The summed E-state index contributed by atoms with van der Waals surface area (Å²) in [6.45, 7) is -0.0506. The van der Waals surface area contributed by atoms with Crippen LogP contribution in [0.3, 0.4) is 0 Å². The van der Waals surface area contributed by atoms with E-state index < -0.39 is 0 Å². The zero-order chi connectivity index (χ0) is 6.57. The molecule has 0 aromatic heterocycles. The molecule has 2 atom stereocenters. The van der Waals surface area contributed by atoms with Crippen LogP contribution >= 0.6 is 34.2 Å². The Morgan fingerprint density at radius 2 is 1.88 bits per heavy atom. The van der Waals surface area contributed by atoms with Gasteiger partial charge in [0, 0.05) is 0 Å². The molecule has 0 aromatic rings. The van der Waals surface area contributed by atoms with Gasteiger partial charge in [0.1, 0.15) is 0 Å². The number of halogens is 2. The highest BCUT2D eigenvalue weighted by atomic mass is 127. The molecule has 0 aliphatic carbocycles. The largest absolute Gasteiger partial charge is 0.395 e. The van der Waals surface area contributed by atoms with Gasteiger partial charge in [0.15, 0.2) is 0 Å². The number of aliphatic hydroxyl groups excluding tert-OH is 2. The standard InChI is InChI=1S/C4H8ClIO2/c5-3(1-7)4(6)2-8/h3-4,7-8H,1-2H2. The van der Waals surface area contributed by atoms with Gasteiger partial charge in [0.05, 0.1) is 22.5 Å². The van der Waals surface area contributed by atoms with Crippen molar-refractivity contribution in [3.8, 4) is 0 Å². The van der Waals surface area contributed by atoms with Crippen LogP contribution in [0.5, 0.6) is 0 Å². The number of rotatable bonds is 3. The summed E-state index contributed by atoms with van der Waals surface area (Å²) >= 11 is 7.49. The Kier molecular flexibility index (Phi) is 5.35. The third-order valence-electron chi connectivity index (χ3n) is 0.741. The van der Waals surface area contributed by atoms with Gasteiger partial charge in [-0.25, -0.2) is 0 Å². The second-order valence-corrected chi connectivity index (χ2v) is 3.56. The first-order chi connectivity index (χ1) is 3.72. The summed E-state index contributed by atoms with van der Waals surface area (Å²) in [5, 5.41) is 16.5. The van der Waals surface area contributed by atoms with E-state index in [1.807, 2.05) is 22.6 Å². The van der Waals surface area contributed by atoms with Crippen LogP contribution < -0.4 is 0 Å². The number of alkyl halides is 2. The van der Waals surface area contributed by atoms with Crippen molar-refractivity contribution in [3.05, 3.63) is 0 Å². The molecule has 0 radical (unpaired) electrons. The van der Waals surface area contributed by atoms with Crippen LogP contribution in [0.2, 0.25) is 0 Å². The minimum Gasteiger partial charge on any atom is -0.395 e. The molecular formula is C4H8ClIO2. The highest BCUT2D eigenvalue weighted by Crippen LogP contribution is 2.10. The molecule has 0 heterocycles. The van der Waals surface area contributed by atoms with Crippen LogP contribution in [-0.4, -0.2) is 32.7 Å². The van der Waals surface area contributed by atoms with Gasteiger partial charge in [-0.2, -0.15) is 0 Å². The molecule has 2 unspecified atom stereocenters. The predicted octanol–water partition coefficient (Wildman–Crippen LogP) is 0.382. The lowest BCUT2D eigenvalue weighted by atomic mass is 10.3. The maximum absolute atomic E-state index is 8.43. The molecule has 0 spiro atoms. The smallest absolute Gasteiger partial charge is 0.0706 e. The normalized spacial score (nSPS) is 18.0. The van der Waals surface area contributed by atoms with E-state index in [4.69, 9.17) is 21.8 Å². The molecular weight excluding hydrogens is 242 g/mol. The molecule has 4 heteroatoms. The molecule has 0 saturated heterocycles. The van der Waals surface area contributed by atoms with Gasteiger partial charge in [0.2, 0.25) is 0 Å². The summed E-state index contributed by atoms with van der Waals surface area (Å²) in [6.07, 6.45) is 0. The predicted molar refractivity (Wildman–Crippen MR) is 41.6 cm³/mol. The van der Waals surface area contributed by atoms with Crippen LogP contribution in [0, 0.1) is 0 Å². The highest BCUT2D eigenvalue weighted by molar-refractivity contribution is 14.1. The molecule has 0 amide bonds. The molecule has 0 fully saturated rings. The SMILES string of the molecule is OCC(Cl)C(I)CO. The second kappa shape index (κ2) is 4.78. The van der Waals surface area contributed by atoms with Crippen molar-refractivity contribution in [3.63, 3.8) is 0 Å². The average molecular weight is 250 g/mol. The van der Waals surface area contributed by atoms with Crippen molar-refractivity contribution in [1.29, 1.82) is 0 Å². The molecule has 2 nitrogen and oxygen atoms in total. The molecule has 0 aliphatic rings. The van der Waals surface area contributed by atoms with Crippen molar-refractivity contribution in [2.75, 3.05) is 13.2 Å². The molecule has 8 heavy (non-hydrogen) atoms. The Labute approximate surface area is 67.0 Å². The third kappa shape index (κ3) is 3.06. The van der Waals surface area contributed by atoms with Gasteiger partial charge in [-0.05, 0) is 0 Å². The second-order valence-electron chi connectivity index (χ2n) is 1.40. The Hall–Kier alpha value is 0.940. The lowest BCUT2D eigenvalue weighted by molar-refractivity contribution is 0.255. The van der Waals surface area contributed by atoms with Crippen LogP contribution in [0.1, 0.15) is 0 Å². The molecule has 0 rings (SSSR count). The van der Waals surface area contributed by atoms with Crippen molar-refractivity contribution < 1.29 is 10.2 Å². The third-order valence-corrected chi connectivity index (χ3v) is 2.87. The summed E-state index contributed by atoms with van der Waals surface area (Å²) < 4.78 is -0.0423. The molecule has 0 aromatic carbocycles. The quantitative estimate of drug-likeness (QED) is 0.562. The van der Waals surface area contributed by atoms with E-state index in [1.54, 1.807) is 0 Å². The summed E-state index contributed by atoms with van der Waals surface area (Å²) in [6, 6.07) is 0. The maximum atomic E-state index is 8.43. The van der Waals surface area contributed by atoms with E-state index in [2.05, 4.69) is 0 Å². The summed E-state index contributed by atoms with van der Waals surface area (Å²) in [5.41, 5.74) is 0. The fourth-order valence-electron chi connectivity index (χ4n) is 0.229. The molecule has 50 valence electrons. The lowest BCUT2D eigenvalue weighted by Crippen LogP contribution is -2.21. The fourth-order valence-corrected chi connectivity index (χ4v) is 0.536. The maximum Gasteiger partial charge on any atom is 0.0706 e. The van der Waals surface area contributed by atoms with Crippen LogP contribution in [0.4, 0.5) is 0 Å². The Bertz CT molecular complexity index is 54.0. The molecule has 0 bridgehead atoms. The molecule has 0 saturated carbocycles. The lowest BCUT2D eigenvalue weighted by Gasteiger charge is -2.08. The first-order valence-electron chi connectivity index (χ1n) is 2.22. The van der Waals surface area contributed by atoms with Crippen molar-refractivity contribution >= 4 is 34.2 Å². The van der Waals surface area contributed by atoms with Gasteiger partial charge in [-0.15, -0.1) is 11.6 Å². The molecule has 0 aliphatic heterocycles. The highest BCUT2D eigenvalue weighted by Gasteiger charge is 2.12. The Morgan fingerprint density at radius 3 is 2.00 bits per heavy atom. The van der Waals surface area contributed by atoms with Crippen molar-refractivity contribution in [1.82, 2.24) is 0 Å². The fraction of sp³-hybridized carbons (Fsp3) is 1.00. The van der Waals surface area contributed by atoms with Gasteiger partial charge in [0.25, 0.3) is 0 Å². The van der Waals surface area contributed by atoms with Gasteiger partial charge in [-0.1, -0.05) is 22.6 Å². The Morgan fingerprint density at radius 1 is 1.38 bits per heavy atom. The number of hydrogen-bond donors (Lipinski definition) is 2. The van der Waals surface area contributed by atoms with E-state index in [1.165, 1.54) is 0 Å². The van der Waals surface area contributed by atoms with Crippen molar-refractivity contribution in [2.24, 2.45) is 0 Å². The van der Waals surface area contributed by atoms with Gasteiger partial charge >= 0.3 is 0 Å². The summed E-state index contributed by atoms with van der Waals surface area (Å²) in [7, 11) is 0. The first-order valence-corrected chi connectivity index (χ1v) is 3.90. The van der Waals surface area contributed by atoms with E-state index in [-0.39, 0.29) is 22.5 Å². The van der Waals surface area contributed by atoms with Gasteiger partial charge in [-0.3, -0.25) is 0 Å².